The molecule has 0 fully saturated rings. The third-order valence-electron chi connectivity index (χ3n) is 3.58. The summed E-state index contributed by atoms with van der Waals surface area (Å²) < 4.78 is 6.11. The molecule has 7 heteroatoms. The number of benzene rings is 1. The lowest BCUT2D eigenvalue weighted by Gasteiger charge is -2.21. The number of fused-ring (bicyclic) bond motifs is 1. The molecule has 2 amide bonds. The number of para-hydroxylation sites is 1. The highest BCUT2D eigenvalue weighted by atomic mass is 32.1. The number of nitrogens with zero attached hydrogens (tertiary/aromatic N) is 3. The van der Waals surface area contributed by atoms with E-state index in [4.69, 9.17) is 4.42 Å². The van der Waals surface area contributed by atoms with Crippen LogP contribution in [-0.2, 0) is 4.79 Å². The summed E-state index contributed by atoms with van der Waals surface area (Å²) >= 11 is 1.46. The molecule has 0 spiro atoms. The average Bonchev–Trinajstić information content (AvgIpc) is 3.24. The Morgan fingerprint density at radius 3 is 2.67 bits per heavy atom. The molecule has 0 bridgehead atoms. The summed E-state index contributed by atoms with van der Waals surface area (Å²) in [5.74, 6) is -0.291. The fraction of sp³-hybridized carbons (Fsp3) is 0.235. The van der Waals surface area contributed by atoms with Crippen molar-refractivity contribution >= 4 is 38.5 Å². The number of hydrogen-bond acceptors (Lipinski definition) is 5. The maximum absolute atomic E-state index is 12.6. The van der Waals surface area contributed by atoms with Crippen molar-refractivity contribution in [2.24, 2.45) is 0 Å². The first-order valence-corrected chi connectivity index (χ1v) is 8.36. The Hall–Kier alpha value is -2.67. The molecule has 2 aromatic heterocycles. The van der Waals surface area contributed by atoms with Crippen LogP contribution in [0.15, 0.2) is 47.1 Å². The molecule has 0 saturated heterocycles. The van der Waals surface area contributed by atoms with Crippen molar-refractivity contribution in [2.45, 2.75) is 6.92 Å². The molecule has 0 unspecified atom stereocenters. The quantitative estimate of drug-likeness (QED) is 0.714. The number of furan rings is 1. The molecular formula is C17H17N3O3S. The highest BCUT2D eigenvalue weighted by Gasteiger charge is 2.23. The van der Waals surface area contributed by atoms with Gasteiger partial charge >= 0.3 is 0 Å². The number of hydrogen-bond donors (Lipinski definition) is 0. The van der Waals surface area contributed by atoms with Gasteiger partial charge in [-0.15, -0.1) is 0 Å². The lowest BCUT2D eigenvalue weighted by atomic mass is 10.3. The van der Waals surface area contributed by atoms with E-state index >= 15 is 0 Å². The van der Waals surface area contributed by atoms with Crippen molar-refractivity contribution in [1.29, 1.82) is 0 Å². The van der Waals surface area contributed by atoms with Gasteiger partial charge in [0.25, 0.3) is 5.91 Å². The Labute approximate surface area is 143 Å². The Bertz CT molecular complexity index is 824. The molecule has 6 nitrogen and oxygen atoms in total. The van der Waals surface area contributed by atoms with Gasteiger partial charge in [-0.2, -0.15) is 0 Å². The monoisotopic (exact) mass is 343 g/mol. The van der Waals surface area contributed by atoms with E-state index in [1.165, 1.54) is 22.5 Å². The molecular weight excluding hydrogens is 326 g/mol. The first kappa shape index (κ1) is 16.2. The first-order chi connectivity index (χ1) is 11.6. The van der Waals surface area contributed by atoms with Crippen molar-refractivity contribution < 1.29 is 14.0 Å². The first-order valence-electron chi connectivity index (χ1n) is 7.55. The number of carbonyl (C=O) groups is 2. The van der Waals surface area contributed by atoms with Gasteiger partial charge in [0, 0.05) is 13.6 Å². The van der Waals surface area contributed by atoms with Crippen LogP contribution in [0.25, 0.3) is 10.2 Å². The minimum atomic E-state index is -0.325. The summed E-state index contributed by atoms with van der Waals surface area (Å²) in [5.41, 5.74) is 0.865. The minimum Gasteiger partial charge on any atom is -0.459 e. The largest absolute Gasteiger partial charge is 0.459 e. The average molecular weight is 343 g/mol. The number of carbonyl (C=O) groups excluding carboxylic acids is 2. The SMILES string of the molecule is CCN(C(=O)CN(C)C(=O)c1ccco1)c1nc2ccccc2s1. The Morgan fingerprint density at radius 2 is 2.00 bits per heavy atom. The number of thiazole rings is 1. The summed E-state index contributed by atoms with van der Waals surface area (Å²) in [4.78, 5) is 32.2. The van der Waals surface area contributed by atoms with Crippen molar-refractivity contribution in [1.82, 2.24) is 9.88 Å². The van der Waals surface area contributed by atoms with E-state index in [2.05, 4.69) is 4.98 Å². The molecule has 0 radical (unpaired) electrons. The van der Waals surface area contributed by atoms with Gasteiger partial charge < -0.3 is 9.32 Å². The molecule has 0 aliphatic rings. The zero-order chi connectivity index (χ0) is 17.1. The summed E-state index contributed by atoms with van der Waals surface area (Å²) in [5, 5.41) is 0.641. The van der Waals surface area contributed by atoms with E-state index in [0.29, 0.717) is 11.7 Å². The van der Waals surface area contributed by atoms with E-state index < -0.39 is 0 Å². The predicted molar refractivity (Wildman–Crippen MR) is 93.3 cm³/mol. The zero-order valence-corrected chi connectivity index (χ0v) is 14.2. The van der Waals surface area contributed by atoms with E-state index in [9.17, 15) is 9.59 Å². The molecule has 24 heavy (non-hydrogen) atoms. The number of likely N-dealkylation sites (N-methyl/N-ethyl adjacent to an activating group) is 2. The van der Waals surface area contributed by atoms with Crippen LogP contribution in [0.5, 0.6) is 0 Å². The molecule has 3 aromatic rings. The maximum Gasteiger partial charge on any atom is 0.289 e. The molecule has 0 atom stereocenters. The topological polar surface area (TPSA) is 66.7 Å². The van der Waals surface area contributed by atoms with Gasteiger partial charge in [0.05, 0.1) is 16.5 Å². The fourth-order valence-corrected chi connectivity index (χ4v) is 3.39. The highest BCUT2D eigenvalue weighted by Crippen LogP contribution is 2.28. The lowest BCUT2D eigenvalue weighted by Crippen LogP contribution is -2.41. The van der Waals surface area contributed by atoms with Crippen LogP contribution in [0.3, 0.4) is 0 Å². The summed E-state index contributed by atoms with van der Waals surface area (Å²) in [6.45, 7) is 2.34. The normalized spacial score (nSPS) is 10.8. The molecule has 0 N–H and O–H groups in total. The van der Waals surface area contributed by atoms with Crippen LogP contribution in [0.4, 0.5) is 5.13 Å². The van der Waals surface area contributed by atoms with E-state index in [0.717, 1.165) is 10.2 Å². The zero-order valence-electron chi connectivity index (χ0n) is 13.4. The number of amides is 2. The Kier molecular flexibility index (Phi) is 4.61. The van der Waals surface area contributed by atoms with Crippen LogP contribution in [0.2, 0.25) is 0 Å². The van der Waals surface area contributed by atoms with Crippen molar-refractivity contribution in [2.75, 3.05) is 25.0 Å². The van der Waals surface area contributed by atoms with Gasteiger partial charge in [-0.1, -0.05) is 23.5 Å². The Balaban J connectivity index is 1.75. The van der Waals surface area contributed by atoms with Crippen molar-refractivity contribution in [3.8, 4) is 0 Å². The van der Waals surface area contributed by atoms with Crippen LogP contribution < -0.4 is 4.90 Å². The third kappa shape index (κ3) is 3.16. The van der Waals surface area contributed by atoms with Gasteiger partial charge in [0.15, 0.2) is 10.9 Å². The Morgan fingerprint density at radius 1 is 1.21 bits per heavy atom. The van der Waals surface area contributed by atoms with Gasteiger partial charge in [-0.05, 0) is 31.2 Å². The van der Waals surface area contributed by atoms with Gasteiger partial charge in [0.1, 0.15) is 6.54 Å². The molecule has 2 heterocycles. The molecule has 0 aliphatic heterocycles. The lowest BCUT2D eigenvalue weighted by molar-refractivity contribution is -0.119. The van der Waals surface area contributed by atoms with Gasteiger partial charge in [-0.25, -0.2) is 4.98 Å². The minimum absolute atomic E-state index is 0.0384. The van der Waals surface area contributed by atoms with Crippen LogP contribution in [-0.4, -0.2) is 41.8 Å². The number of anilines is 1. The second-order valence-corrected chi connectivity index (χ2v) is 6.25. The predicted octanol–water partition coefficient (Wildman–Crippen LogP) is 3.01. The second-order valence-electron chi connectivity index (χ2n) is 5.24. The second kappa shape index (κ2) is 6.84. The van der Waals surface area contributed by atoms with Crippen LogP contribution in [0, 0.1) is 0 Å². The maximum atomic E-state index is 12.6. The smallest absolute Gasteiger partial charge is 0.289 e. The summed E-state index contributed by atoms with van der Waals surface area (Å²) in [6, 6.07) is 11.0. The fourth-order valence-electron chi connectivity index (χ4n) is 2.34. The molecule has 0 saturated carbocycles. The molecule has 1 aromatic carbocycles. The van der Waals surface area contributed by atoms with E-state index in [1.54, 1.807) is 24.1 Å². The van der Waals surface area contributed by atoms with Gasteiger partial charge in [0.2, 0.25) is 5.91 Å². The van der Waals surface area contributed by atoms with E-state index in [1.807, 2.05) is 31.2 Å². The van der Waals surface area contributed by atoms with Crippen LogP contribution >= 0.6 is 11.3 Å². The highest BCUT2D eigenvalue weighted by molar-refractivity contribution is 7.22. The third-order valence-corrected chi connectivity index (χ3v) is 4.64. The van der Waals surface area contributed by atoms with Crippen molar-refractivity contribution in [3.63, 3.8) is 0 Å². The van der Waals surface area contributed by atoms with E-state index in [-0.39, 0.29) is 24.1 Å². The van der Waals surface area contributed by atoms with Crippen molar-refractivity contribution in [3.05, 3.63) is 48.4 Å². The van der Waals surface area contributed by atoms with Gasteiger partial charge in [-0.3, -0.25) is 14.5 Å². The number of aromatic nitrogens is 1. The molecule has 3 rings (SSSR count). The number of rotatable bonds is 5. The standard InChI is InChI=1S/C17H17N3O3S/c1-3-20(17-18-12-7-4-5-9-14(12)24-17)15(21)11-19(2)16(22)13-8-6-10-23-13/h4-10H,3,11H2,1-2H3. The summed E-state index contributed by atoms with van der Waals surface area (Å²) in [6.07, 6.45) is 1.43. The molecule has 124 valence electrons. The molecule has 0 aliphatic carbocycles. The summed E-state index contributed by atoms with van der Waals surface area (Å²) in [7, 11) is 1.58. The van der Waals surface area contributed by atoms with Crippen LogP contribution in [0.1, 0.15) is 17.5 Å².